The number of phenols is 1. The number of aromatic nitrogens is 4. The highest BCUT2D eigenvalue weighted by Gasteiger charge is 2.17. The summed E-state index contributed by atoms with van der Waals surface area (Å²) in [5.74, 6) is 0.802. The number of fused-ring (bicyclic) bond motifs is 3. The molecule has 0 fully saturated rings. The first-order valence-corrected chi connectivity index (χ1v) is 8.77. The lowest BCUT2D eigenvalue weighted by Gasteiger charge is -2.09. The minimum Gasteiger partial charge on any atom is -0.508 e. The molecule has 0 aliphatic heterocycles. The van der Waals surface area contributed by atoms with E-state index in [1.807, 2.05) is 46.9 Å². The molecule has 0 radical (unpaired) electrons. The van der Waals surface area contributed by atoms with Gasteiger partial charge in [0.2, 0.25) is 0 Å². The Hall–Kier alpha value is -3.44. The molecular formula is C21H13ClN4O. The van der Waals surface area contributed by atoms with Crippen molar-refractivity contribution in [2.24, 2.45) is 0 Å². The molecule has 0 aliphatic carbocycles. The number of nitrogens with zero attached hydrogens (tertiary/aromatic N) is 4. The summed E-state index contributed by atoms with van der Waals surface area (Å²) in [4.78, 5) is 4.54. The summed E-state index contributed by atoms with van der Waals surface area (Å²) in [7, 11) is 0. The quantitative estimate of drug-likeness (QED) is 0.475. The molecule has 1 N–H and O–H groups in total. The number of aromatic hydroxyl groups is 1. The summed E-state index contributed by atoms with van der Waals surface area (Å²) in [6.45, 7) is 0. The Labute approximate surface area is 159 Å². The maximum atomic E-state index is 9.87. The lowest BCUT2D eigenvalue weighted by Crippen LogP contribution is -1.96. The molecule has 0 atom stereocenters. The van der Waals surface area contributed by atoms with E-state index in [-0.39, 0.29) is 5.75 Å². The van der Waals surface area contributed by atoms with E-state index in [4.69, 9.17) is 11.6 Å². The van der Waals surface area contributed by atoms with Crippen LogP contribution in [-0.4, -0.2) is 24.7 Å². The standard InChI is InChI=1S/C21H13ClN4O/c22-16-8-6-13(7-9-16)18-12-15-4-2-10-23-19(15)26-20(24-25-21(18)26)14-3-1-5-17(27)11-14/h1-12,27H. The third-order valence-electron chi connectivity index (χ3n) is 4.49. The van der Waals surface area contributed by atoms with Crippen LogP contribution in [0.5, 0.6) is 5.75 Å². The van der Waals surface area contributed by atoms with Gasteiger partial charge in [0.25, 0.3) is 0 Å². The second kappa shape index (κ2) is 6.07. The molecule has 0 saturated heterocycles. The first-order valence-electron chi connectivity index (χ1n) is 8.39. The Kier molecular flexibility index (Phi) is 3.55. The molecule has 0 spiro atoms. The lowest BCUT2D eigenvalue weighted by atomic mass is 10.1. The SMILES string of the molecule is Oc1cccc(-c2nnc3c(-c4ccc(Cl)cc4)cc4cccnc4n23)c1. The van der Waals surface area contributed by atoms with Crippen molar-refractivity contribution in [2.75, 3.05) is 0 Å². The smallest absolute Gasteiger partial charge is 0.170 e. The highest BCUT2D eigenvalue weighted by atomic mass is 35.5. The van der Waals surface area contributed by atoms with E-state index in [2.05, 4.69) is 21.2 Å². The zero-order chi connectivity index (χ0) is 18.4. The summed E-state index contributed by atoms with van der Waals surface area (Å²) in [5, 5.41) is 20.3. The summed E-state index contributed by atoms with van der Waals surface area (Å²) in [5.41, 5.74) is 4.15. The van der Waals surface area contributed by atoms with Crippen LogP contribution in [0.4, 0.5) is 0 Å². The highest BCUT2D eigenvalue weighted by Crippen LogP contribution is 2.32. The molecule has 3 aromatic heterocycles. The predicted molar refractivity (Wildman–Crippen MR) is 106 cm³/mol. The molecule has 5 nitrogen and oxygen atoms in total. The van der Waals surface area contributed by atoms with Gasteiger partial charge >= 0.3 is 0 Å². The van der Waals surface area contributed by atoms with Gasteiger partial charge in [0.05, 0.1) is 0 Å². The van der Waals surface area contributed by atoms with Gasteiger partial charge in [-0.15, -0.1) is 10.2 Å². The van der Waals surface area contributed by atoms with Gasteiger partial charge < -0.3 is 5.11 Å². The normalized spacial score (nSPS) is 11.3. The fourth-order valence-corrected chi connectivity index (χ4v) is 3.39. The van der Waals surface area contributed by atoms with Crippen molar-refractivity contribution in [3.63, 3.8) is 0 Å². The van der Waals surface area contributed by atoms with Crippen LogP contribution in [0, 0.1) is 0 Å². The van der Waals surface area contributed by atoms with Gasteiger partial charge in [0.15, 0.2) is 11.5 Å². The van der Waals surface area contributed by atoms with E-state index in [0.717, 1.165) is 27.7 Å². The van der Waals surface area contributed by atoms with E-state index in [0.29, 0.717) is 16.5 Å². The number of pyridine rings is 2. The molecule has 5 rings (SSSR count). The molecule has 0 aliphatic rings. The molecule has 5 aromatic rings. The fourth-order valence-electron chi connectivity index (χ4n) is 3.26. The van der Waals surface area contributed by atoms with Gasteiger partial charge in [-0.25, -0.2) is 4.98 Å². The van der Waals surface area contributed by atoms with Crippen LogP contribution in [-0.2, 0) is 0 Å². The van der Waals surface area contributed by atoms with Crippen molar-refractivity contribution in [2.45, 2.75) is 0 Å². The zero-order valence-electron chi connectivity index (χ0n) is 14.0. The van der Waals surface area contributed by atoms with E-state index in [1.54, 1.807) is 24.4 Å². The molecule has 27 heavy (non-hydrogen) atoms. The second-order valence-electron chi connectivity index (χ2n) is 6.21. The van der Waals surface area contributed by atoms with Crippen molar-refractivity contribution in [1.82, 2.24) is 19.6 Å². The van der Waals surface area contributed by atoms with Crippen LogP contribution in [0.3, 0.4) is 0 Å². The van der Waals surface area contributed by atoms with Crippen LogP contribution in [0.25, 0.3) is 39.2 Å². The van der Waals surface area contributed by atoms with Gasteiger partial charge in [0, 0.05) is 27.7 Å². The van der Waals surface area contributed by atoms with Crippen LogP contribution in [0.2, 0.25) is 5.02 Å². The van der Waals surface area contributed by atoms with Crippen molar-refractivity contribution < 1.29 is 5.11 Å². The van der Waals surface area contributed by atoms with Gasteiger partial charge in [-0.2, -0.15) is 0 Å². The van der Waals surface area contributed by atoms with E-state index < -0.39 is 0 Å². The summed E-state index contributed by atoms with van der Waals surface area (Å²) in [6, 6.07) is 20.6. The number of hydrogen-bond donors (Lipinski definition) is 1. The molecule has 0 unspecified atom stereocenters. The number of phenolic OH excluding ortho intramolecular Hbond substituents is 1. The first kappa shape index (κ1) is 15.8. The highest BCUT2D eigenvalue weighted by molar-refractivity contribution is 6.30. The number of hydrogen-bond acceptors (Lipinski definition) is 4. The van der Waals surface area contributed by atoms with Crippen molar-refractivity contribution >= 4 is 28.3 Å². The first-order chi connectivity index (χ1) is 13.2. The van der Waals surface area contributed by atoms with Crippen molar-refractivity contribution in [1.29, 1.82) is 0 Å². The van der Waals surface area contributed by atoms with E-state index in [1.165, 1.54) is 0 Å². The zero-order valence-corrected chi connectivity index (χ0v) is 14.8. The third kappa shape index (κ3) is 2.60. The number of rotatable bonds is 2. The third-order valence-corrected chi connectivity index (χ3v) is 4.74. The van der Waals surface area contributed by atoms with E-state index in [9.17, 15) is 5.11 Å². The molecule has 2 aromatic carbocycles. The van der Waals surface area contributed by atoms with Gasteiger partial charge in [-0.05, 0) is 48.0 Å². The minimum absolute atomic E-state index is 0.176. The minimum atomic E-state index is 0.176. The molecule has 0 bridgehead atoms. The number of halogens is 1. The molecule has 3 heterocycles. The fraction of sp³-hybridized carbons (Fsp3) is 0. The Morgan fingerprint density at radius 2 is 1.67 bits per heavy atom. The maximum absolute atomic E-state index is 9.87. The largest absolute Gasteiger partial charge is 0.508 e. The van der Waals surface area contributed by atoms with Crippen molar-refractivity contribution in [3.05, 3.63) is 77.9 Å². The van der Waals surface area contributed by atoms with Gasteiger partial charge in [-0.1, -0.05) is 35.9 Å². The lowest BCUT2D eigenvalue weighted by molar-refractivity contribution is 0.475. The van der Waals surface area contributed by atoms with Crippen LogP contribution < -0.4 is 0 Å². The Bertz CT molecular complexity index is 1300. The Morgan fingerprint density at radius 1 is 0.815 bits per heavy atom. The monoisotopic (exact) mass is 372 g/mol. The van der Waals surface area contributed by atoms with Crippen molar-refractivity contribution in [3.8, 4) is 28.3 Å². The Morgan fingerprint density at radius 3 is 2.48 bits per heavy atom. The van der Waals surface area contributed by atoms with Crippen LogP contribution >= 0.6 is 11.6 Å². The average Bonchev–Trinajstić information content (AvgIpc) is 3.14. The van der Waals surface area contributed by atoms with Gasteiger partial charge in [-0.3, -0.25) is 4.40 Å². The Balaban J connectivity index is 1.89. The van der Waals surface area contributed by atoms with Crippen LogP contribution in [0.1, 0.15) is 0 Å². The average molecular weight is 373 g/mol. The molecule has 0 amide bonds. The van der Waals surface area contributed by atoms with Crippen LogP contribution in [0.15, 0.2) is 72.9 Å². The summed E-state index contributed by atoms with van der Waals surface area (Å²) < 4.78 is 1.92. The van der Waals surface area contributed by atoms with Gasteiger partial charge in [0.1, 0.15) is 11.4 Å². The van der Waals surface area contributed by atoms with E-state index >= 15 is 0 Å². The predicted octanol–water partition coefficient (Wildman–Crippen LogP) is 4.97. The molecule has 130 valence electrons. The molecule has 6 heteroatoms. The number of benzene rings is 2. The summed E-state index contributed by atoms with van der Waals surface area (Å²) >= 11 is 6.04. The maximum Gasteiger partial charge on any atom is 0.170 e. The second-order valence-corrected chi connectivity index (χ2v) is 6.65. The molecular weight excluding hydrogens is 360 g/mol. The summed E-state index contributed by atoms with van der Waals surface area (Å²) in [6.07, 6.45) is 1.75. The topological polar surface area (TPSA) is 63.3 Å². The molecule has 0 saturated carbocycles.